The zero-order chi connectivity index (χ0) is 18.8. The molecule has 0 saturated carbocycles. The van der Waals surface area contributed by atoms with Crippen LogP contribution in [0, 0.1) is 13.8 Å². The van der Waals surface area contributed by atoms with Crippen molar-refractivity contribution in [3.8, 4) is 0 Å². The van der Waals surface area contributed by atoms with Gasteiger partial charge in [0.2, 0.25) is 5.91 Å². The molecule has 5 heteroatoms. The third-order valence-electron chi connectivity index (χ3n) is 3.96. The summed E-state index contributed by atoms with van der Waals surface area (Å²) >= 11 is 0. The van der Waals surface area contributed by atoms with Crippen LogP contribution in [0.25, 0.3) is 0 Å². The molecule has 2 rings (SSSR count). The fourth-order valence-corrected chi connectivity index (χ4v) is 2.78. The third-order valence-corrected chi connectivity index (χ3v) is 3.96. The average Bonchev–Trinajstić information content (AvgIpc) is 2.63. The van der Waals surface area contributed by atoms with E-state index in [-0.39, 0.29) is 12.5 Å². The third kappa shape index (κ3) is 6.97. The molecule has 3 N–H and O–H groups in total. The van der Waals surface area contributed by atoms with E-state index in [2.05, 4.69) is 53.0 Å². The Kier molecular flexibility index (Phi) is 7.68. The number of aliphatic imine (C=N–C) groups is 1. The van der Waals surface area contributed by atoms with E-state index in [1.54, 1.807) is 7.05 Å². The molecule has 0 fully saturated rings. The number of nitrogens with zero attached hydrogens (tertiary/aromatic N) is 1. The van der Waals surface area contributed by atoms with Crippen LogP contribution in [0.3, 0.4) is 0 Å². The lowest BCUT2D eigenvalue weighted by molar-refractivity contribution is -0.120. The molecule has 0 bridgehead atoms. The Bertz CT molecular complexity index is 721. The maximum absolute atomic E-state index is 12.0. The Balaban J connectivity index is 1.69. The fraction of sp³-hybridized carbons (Fsp3) is 0.333. The van der Waals surface area contributed by atoms with Crippen molar-refractivity contribution in [3.05, 3.63) is 70.8 Å². The van der Waals surface area contributed by atoms with Gasteiger partial charge in [-0.25, -0.2) is 0 Å². The van der Waals surface area contributed by atoms with Gasteiger partial charge in [0, 0.05) is 20.1 Å². The number of hydrogen-bond donors (Lipinski definition) is 3. The van der Waals surface area contributed by atoms with E-state index in [1.165, 1.54) is 16.7 Å². The molecule has 0 spiro atoms. The molecule has 5 nitrogen and oxygen atoms in total. The molecule has 0 aliphatic heterocycles. The minimum Gasteiger partial charge on any atom is -0.356 e. The molecule has 2 aromatic rings. The van der Waals surface area contributed by atoms with E-state index in [1.807, 2.05) is 30.3 Å². The lowest BCUT2D eigenvalue weighted by Crippen LogP contribution is -2.43. The number of hydrogen-bond acceptors (Lipinski definition) is 2. The highest BCUT2D eigenvalue weighted by Gasteiger charge is 2.04. The normalized spacial score (nSPS) is 11.1. The Morgan fingerprint density at radius 2 is 1.62 bits per heavy atom. The first-order valence-corrected chi connectivity index (χ1v) is 8.89. The molecule has 2 aromatic carbocycles. The van der Waals surface area contributed by atoms with Crippen molar-refractivity contribution in [2.24, 2.45) is 4.99 Å². The van der Waals surface area contributed by atoms with Crippen molar-refractivity contribution >= 4 is 11.9 Å². The Hall–Kier alpha value is -2.82. The average molecular weight is 352 g/mol. The van der Waals surface area contributed by atoms with Crippen LogP contribution in [0.2, 0.25) is 0 Å². The second-order valence-corrected chi connectivity index (χ2v) is 6.36. The van der Waals surface area contributed by atoms with Crippen molar-refractivity contribution in [2.75, 3.05) is 20.1 Å². The lowest BCUT2D eigenvalue weighted by Gasteiger charge is -2.12. The van der Waals surface area contributed by atoms with Crippen LogP contribution in [0.15, 0.2) is 53.5 Å². The standard InChI is InChI=1S/C21H28N4O/c1-16-11-17(2)13-19(12-16)9-10-23-21(22-3)25-15-20(26)24-14-18-7-5-4-6-8-18/h4-8,11-13H,9-10,14-15H2,1-3H3,(H,24,26)(H2,22,23,25). The number of carbonyl (C=O) groups excluding carboxylic acids is 1. The van der Waals surface area contributed by atoms with Crippen molar-refractivity contribution in [1.82, 2.24) is 16.0 Å². The molecule has 1 amide bonds. The summed E-state index contributed by atoms with van der Waals surface area (Å²) in [5.41, 5.74) is 4.93. The van der Waals surface area contributed by atoms with Crippen molar-refractivity contribution in [1.29, 1.82) is 0 Å². The molecule has 0 saturated heterocycles. The number of rotatable bonds is 7. The smallest absolute Gasteiger partial charge is 0.239 e. The van der Waals surface area contributed by atoms with Gasteiger partial charge in [-0.1, -0.05) is 59.7 Å². The zero-order valence-electron chi connectivity index (χ0n) is 15.8. The van der Waals surface area contributed by atoms with Crippen LogP contribution in [0.5, 0.6) is 0 Å². The molecule has 0 atom stereocenters. The van der Waals surface area contributed by atoms with Gasteiger partial charge in [0.15, 0.2) is 5.96 Å². The molecule has 138 valence electrons. The van der Waals surface area contributed by atoms with Gasteiger partial charge < -0.3 is 16.0 Å². The van der Waals surface area contributed by atoms with Crippen LogP contribution in [0.4, 0.5) is 0 Å². The summed E-state index contributed by atoms with van der Waals surface area (Å²) in [6.07, 6.45) is 0.906. The largest absolute Gasteiger partial charge is 0.356 e. The molecule has 0 aliphatic carbocycles. The van der Waals surface area contributed by atoms with E-state index in [4.69, 9.17) is 0 Å². The lowest BCUT2D eigenvalue weighted by atomic mass is 10.1. The fourth-order valence-electron chi connectivity index (χ4n) is 2.78. The predicted octanol–water partition coefficient (Wildman–Crippen LogP) is 2.33. The number of amides is 1. The minimum absolute atomic E-state index is 0.0638. The highest BCUT2D eigenvalue weighted by molar-refractivity contribution is 5.86. The molecule has 0 aliphatic rings. The molecule has 0 heterocycles. The van der Waals surface area contributed by atoms with Gasteiger partial charge in [0.1, 0.15) is 0 Å². The Morgan fingerprint density at radius 3 is 2.27 bits per heavy atom. The summed E-state index contributed by atoms with van der Waals surface area (Å²) < 4.78 is 0. The van der Waals surface area contributed by atoms with Crippen LogP contribution >= 0.6 is 0 Å². The summed E-state index contributed by atoms with van der Waals surface area (Å²) in [6, 6.07) is 16.4. The minimum atomic E-state index is -0.0638. The quantitative estimate of drug-likeness (QED) is 0.529. The first kappa shape index (κ1) is 19.5. The first-order chi connectivity index (χ1) is 12.6. The van der Waals surface area contributed by atoms with Crippen LogP contribution < -0.4 is 16.0 Å². The molecule has 26 heavy (non-hydrogen) atoms. The molecule has 0 radical (unpaired) electrons. The number of aryl methyl sites for hydroxylation is 2. The maximum atomic E-state index is 12.0. The van der Waals surface area contributed by atoms with E-state index < -0.39 is 0 Å². The second kappa shape index (κ2) is 10.2. The number of nitrogens with one attached hydrogen (secondary N) is 3. The molecular formula is C21H28N4O. The monoisotopic (exact) mass is 352 g/mol. The summed E-state index contributed by atoms with van der Waals surface area (Å²) in [5.74, 6) is 0.565. The number of guanidine groups is 1. The summed E-state index contributed by atoms with van der Waals surface area (Å²) in [5, 5.41) is 9.17. The summed E-state index contributed by atoms with van der Waals surface area (Å²) in [7, 11) is 1.70. The van der Waals surface area contributed by atoms with E-state index in [0.717, 1.165) is 18.5 Å². The van der Waals surface area contributed by atoms with Gasteiger partial charge in [0.25, 0.3) is 0 Å². The zero-order valence-corrected chi connectivity index (χ0v) is 15.8. The van der Waals surface area contributed by atoms with E-state index in [9.17, 15) is 4.79 Å². The van der Waals surface area contributed by atoms with E-state index >= 15 is 0 Å². The highest BCUT2D eigenvalue weighted by atomic mass is 16.1. The van der Waals surface area contributed by atoms with Crippen molar-refractivity contribution < 1.29 is 4.79 Å². The van der Waals surface area contributed by atoms with Gasteiger partial charge >= 0.3 is 0 Å². The second-order valence-electron chi connectivity index (χ2n) is 6.36. The van der Waals surface area contributed by atoms with Gasteiger partial charge in [0.05, 0.1) is 6.54 Å². The first-order valence-electron chi connectivity index (χ1n) is 8.89. The van der Waals surface area contributed by atoms with Gasteiger partial charge in [-0.3, -0.25) is 9.79 Å². The summed E-state index contributed by atoms with van der Waals surface area (Å²) in [6.45, 7) is 5.70. The Labute approximate surface area is 155 Å². The van der Waals surface area contributed by atoms with Crippen LogP contribution in [-0.4, -0.2) is 32.0 Å². The summed E-state index contributed by atoms with van der Waals surface area (Å²) in [4.78, 5) is 16.1. The van der Waals surface area contributed by atoms with Crippen molar-refractivity contribution in [3.63, 3.8) is 0 Å². The maximum Gasteiger partial charge on any atom is 0.239 e. The van der Waals surface area contributed by atoms with Gasteiger partial charge in [-0.15, -0.1) is 0 Å². The van der Waals surface area contributed by atoms with Crippen LogP contribution in [0.1, 0.15) is 22.3 Å². The highest BCUT2D eigenvalue weighted by Crippen LogP contribution is 2.08. The SMILES string of the molecule is CN=C(NCCc1cc(C)cc(C)c1)NCC(=O)NCc1ccccc1. The number of carbonyl (C=O) groups is 1. The van der Waals surface area contributed by atoms with Gasteiger partial charge in [-0.05, 0) is 31.4 Å². The number of benzene rings is 2. The van der Waals surface area contributed by atoms with Gasteiger partial charge in [-0.2, -0.15) is 0 Å². The predicted molar refractivity (Wildman–Crippen MR) is 107 cm³/mol. The molecular weight excluding hydrogens is 324 g/mol. The molecule has 0 aromatic heterocycles. The van der Waals surface area contributed by atoms with E-state index in [0.29, 0.717) is 12.5 Å². The van der Waals surface area contributed by atoms with Crippen molar-refractivity contribution in [2.45, 2.75) is 26.8 Å². The van der Waals surface area contributed by atoms with Crippen LogP contribution in [-0.2, 0) is 17.8 Å². The Morgan fingerprint density at radius 1 is 0.923 bits per heavy atom. The molecule has 0 unspecified atom stereocenters. The topological polar surface area (TPSA) is 65.5 Å².